The van der Waals surface area contributed by atoms with Gasteiger partial charge in [0.2, 0.25) is 0 Å². The maximum absolute atomic E-state index is 14.2. The van der Waals surface area contributed by atoms with Gasteiger partial charge in [0.1, 0.15) is 0 Å². The van der Waals surface area contributed by atoms with Crippen molar-refractivity contribution in [1.29, 1.82) is 0 Å². The molecule has 0 radical (unpaired) electrons. The Hall–Kier alpha value is -1.51. The first-order valence-electron chi connectivity index (χ1n) is 9.91. The number of piperidine rings is 1. The molecule has 2 fully saturated rings. The molecule has 27 heavy (non-hydrogen) atoms. The Morgan fingerprint density at radius 1 is 1.30 bits per heavy atom. The molecule has 3 rings (SSSR count). The lowest BCUT2D eigenvalue weighted by atomic mass is 9.92. The van der Waals surface area contributed by atoms with Gasteiger partial charge >= 0.3 is 0 Å². The number of rotatable bonds is 5. The first-order valence-corrected chi connectivity index (χ1v) is 10.3. The fourth-order valence-electron chi connectivity index (χ4n) is 4.20. The number of aromatic nitrogens is 1. The van der Waals surface area contributed by atoms with E-state index in [4.69, 9.17) is 23.1 Å². The third kappa shape index (κ3) is 6.26. The lowest BCUT2D eigenvalue weighted by Crippen LogP contribution is -2.39. The highest BCUT2D eigenvalue weighted by atomic mass is 35.5. The van der Waals surface area contributed by atoms with Crippen LogP contribution in [0.5, 0.6) is 0 Å². The third-order valence-corrected chi connectivity index (χ3v) is 5.77. The molecule has 0 aromatic carbocycles. The van der Waals surface area contributed by atoms with E-state index in [0.29, 0.717) is 22.8 Å². The molecule has 1 atom stereocenters. The molecule has 0 bridgehead atoms. The highest BCUT2D eigenvalue weighted by Gasteiger charge is 2.25. The summed E-state index contributed by atoms with van der Waals surface area (Å²) in [6, 6.07) is 4.80. The molecule has 1 aliphatic carbocycles. The molecule has 2 aliphatic rings. The fourth-order valence-corrected chi connectivity index (χ4v) is 4.34. The van der Waals surface area contributed by atoms with Crippen LogP contribution in [0.15, 0.2) is 12.3 Å². The highest BCUT2D eigenvalue weighted by Crippen LogP contribution is 2.28. The largest absolute Gasteiger partial charge is 0.400 e. The number of nitrogens with zero attached hydrogens (tertiary/aromatic N) is 3. The third-order valence-electron chi connectivity index (χ3n) is 5.57. The van der Waals surface area contributed by atoms with Crippen LogP contribution >= 0.6 is 11.6 Å². The van der Waals surface area contributed by atoms with Crippen LogP contribution in [0.1, 0.15) is 51.4 Å². The monoisotopic (exact) mass is 395 g/mol. The molecule has 0 spiro atoms. The van der Waals surface area contributed by atoms with Gasteiger partial charge < -0.3 is 14.9 Å². The number of hydrogen-bond donors (Lipinski definition) is 1. The second-order valence-electron chi connectivity index (χ2n) is 7.32. The molecule has 1 aliphatic heterocycles. The van der Waals surface area contributed by atoms with Crippen molar-refractivity contribution in [3.05, 3.63) is 23.1 Å². The molecule has 1 unspecified atom stereocenters. The van der Waals surface area contributed by atoms with Crippen molar-refractivity contribution in [3.63, 3.8) is 0 Å². The Kier molecular flexibility index (Phi) is 9.17. The van der Waals surface area contributed by atoms with E-state index in [1.165, 1.54) is 50.8 Å². The smallest absolute Gasteiger partial charge is 0.167 e. The number of pyridine rings is 1. The number of aliphatic hydroxyl groups excluding tert-OH is 1. The molecule has 6 heteroatoms. The van der Waals surface area contributed by atoms with Crippen molar-refractivity contribution >= 4 is 17.4 Å². The first kappa shape index (κ1) is 21.8. The van der Waals surface area contributed by atoms with Crippen molar-refractivity contribution in [2.75, 3.05) is 31.6 Å². The van der Waals surface area contributed by atoms with Crippen molar-refractivity contribution in [1.82, 2.24) is 9.88 Å². The lowest BCUT2D eigenvalue weighted by Gasteiger charge is -2.36. The van der Waals surface area contributed by atoms with Gasteiger partial charge in [0.05, 0.1) is 5.02 Å². The van der Waals surface area contributed by atoms with Gasteiger partial charge in [0, 0.05) is 45.0 Å². The normalized spacial score (nSPS) is 20.4. The molecule has 2 heterocycles. The van der Waals surface area contributed by atoms with Crippen LogP contribution in [-0.4, -0.2) is 47.8 Å². The summed E-state index contributed by atoms with van der Waals surface area (Å²) in [4.78, 5) is 8.46. The van der Waals surface area contributed by atoms with E-state index in [1.54, 1.807) is 0 Å². The highest BCUT2D eigenvalue weighted by molar-refractivity contribution is 6.30. The summed E-state index contributed by atoms with van der Waals surface area (Å²) >= 11 is 5.81. The van der Waals surface area contributed by atoms with Gasteiger partial charge in [0.25, 0.3) is 0 Å². The molecule has 1 N–H and O–H groups in total. The average Bonchev–Trinajstić information content (AvgIpc) is 2.71. The van der Waals surface area contributed by atoms with Crippen molar-refractivity contribution in [2.45, 2.75) is 57.4 Å². The first-order chi connectivity index (χ1) is 13.2. The van der Waals surface area contributed by atoms with E-state index in [0.717, 1.165) is 39.6 Å². The average molecular weight is 396 g/mol. The van der Waals surface area contributed by atoms with Gasteiger partial charge in [-0.1, -0.05) is 37.3 Å². The van der Waals surface area contributed by atoms with E-state index >= 15 is 0 Å². The van der Waals surface area contributed by atoms with Gasteiger partial charge in [-0.25, -0.2) is 9.37 Å². The number of hydrogen-bond acceptors (Lipinski definition) is 4. The molecule has 150 valence electrons. The van der Waals surface area contributed by atoms with E-state index in [1.807, 2.05) is 0 Å². The van der Waals surface area contributed by atoms with Gasteiger partial charge in [-0.2, -0.15) is 0 Å². The summed E-state index contributed by atoms with van der Waals surface area (Å²) in [6.07, 6.45) is 17.0. The number of aliphatic hydroxyl groups is 1. The Bertz CT molecular complexity index is 616. The maximum Gasteiger partial charge on any atom is 0.167 e. The van der Waals surface area contributed by atoms with Crippen LogP contribution in [0.4, 0.5) is 10.2 Å². The summed E-state index contributed by atoms with van der Waals surface area (Å²) in [5.41, 5.74) is 0. The van der Waals surface area contributed by atoms with Crippen molar-refractivity contribution in [2.24, 2.45) is 5.92 Å². The van der Waals surface area contributed by atoms with Gasteiger partial charge in [-0.3, -0.25) is 0 Å². The van der Waals surface area contributed by atoms with E-state index in [9.17, 15) is 4.39 Å². The van der Waals surface area contributed by atoms with Gasteiger partial charge in [-0.15, -0.1) is 0 Å². The van der Waals surface area contributed by atoms with Crippen LogP contribution in [0.2, 0.25) is 5.02 Å². The van der Waals surface area contributed by atoms with Crippen LogP contribution in [0.3, 0.4) is 0 Å². The Balaban J connectivity index is 0.00000126. The topological polar surface area (TPSA) is 39.6 Å². The van der Waals surface area contributed by atoms with E-state index < -0.39 is 0 Å². The fraction of sp³-hybridized carbons (Fsp3) is 0.667. The van der Waals surface area contributed by atoms with Crippen LogP contribution in [0.25, 0.3) is 0 Å². The van der Waals surface area contributed by atoms with Crippen LogP contribution < -0.4 is 4.90 Å². The quantitative estimate of drug-likeness (QED) is 0.595. The molecular weight excluding hydrogens is 365 g/mol. The zero-order valence-corrected chi connectivity index (χ0v) is 17.0. The number of anilines is 1. The predicted molar refractivity (Wildman–Crippen MR) is 109 cm³/mol. The predicted octanol–water partition coefficient (Wildman–Crippen LogP) is 4.31. The SMILES string of the molecule is C#CN(CCC1CCCN(c2ncc(Cl)cc2F)C1)C1CCCCC1.CO. The minimum absolute atomic E-state index is 0.333. The zero-order chi connectivity index (χ0) is 19.6. The summed E-state index contributed by atoms with van der Waals surface area (Å²) in [7, 11) is 1.00. The molecule has 1 saturated heterocycles. The lowest BCUT2D eigenvalue weighted by molar-refractivity contribution is 0.213. The number of halogens is 2. The second-order valence-corrected chi connectivity index (χ2v) is 7.75. The van der Waals surface area contributed by atoms with Gasteiger partial charge in [-0.05, 0) is 44.1 Å². The van der Waals surface area contributed by atoms with Gasteiger partial charge in [0.15, 0.2) is 11.6 Å². The number of terminal acetylenes is 1. The molecule has 4 nitrogen and oxygen atoms in total. The standard InChI is InChI=1S/C20H27ClFN3.CH4O/c1-2-24(18-8-4-3-5-9-18)12-10-16-7-6-11-25(15-16)20-19(22)13-17(21)14-23-20;1-2/h1,13-14,16,18H,3-12,15H2;2H,1H3. The Morgan fingerprint density at radius 2 is 2.04 bits per heavy atom. The minimum atomic E-state index is -0.333. The Labute approximate surface area is 167 Å². The molecule has 0 amide bonds. The Morgan fingerprint density at radius 3 is 2.70 bits per heavy atom. The zero-order valence-electron chi connectivity index (χ0n) is 16.2. The summed E-state index contributed by atoms with van der Waals surface area (Å²) in [6.45, 7) is 2.63. The minimum Gasteiger partial charge on any atom is -0.400 e. The van der Waals surface area contributed by atoms with Crippen molar-refractivity contribution in [3.8, 4) is 12.5 Å². The van der Waals surface area contributed by atoms with Crippen LogP contribution in [-0.2, 0) is 0 Å². The molecular formula is C21H31ClFN3O. The molecule has 1 aromatic heterocycles. The summed E-state index contributed by atoms with van der Waals surface area (Å²) in [5, 5.41) is 7.34. The van der Waals surface area contributed by atoms with Crippen molar-refractivity contribution < 1.29 is 9.50 Å². The summed E-state index contributed by atoms with van der Waals surface area (Å²) < 4.78 is 14.2. The summed E-state index contributed by atoms with van der Waals surface area (Å²) in [5.74, 6) is 0.626. The molecule has 1 aromatic rings. The van der Waals surface area contributed by atoms with Crippen LogP contribution in [0, 0.1) is 24.2 Å². The van der Waals surface area contributed by atoms with E-state index in [-0.39, 0.29) is 5.82 Å². The molecule has 1 saturated carbocycles. The van der Waals surface area contributed by atoms with E-state index in [2.05, 4.69) is 20.8 Å². The second kappa shape index (κ2) is 11.4. The maximum atomic E-state index is 14.2.